The standard InChI is InChI=1S/C74H134O6/c1-4-7-10-13-16-19-22-25-27-28-29-30-31-32-33-34-35-36-37-38-39-40-41-42-43-44-45-46-47-50-52-55-58-61-64-67-73(76)79-70-71(69-78-72(75)66-63-60-57-54-51-48-24-21-18-15-12-9-6-3)80-74(77)68-65-62-59-56-53-49-26-23-20-17-14-11-8-5-2/h7,10,16,19,23,25-27,29-30,71H,4-6,8-9,11-15,17-18,20-22,24,28,31-70H2,1-3H3/b10-7-,19-16-,26-23-,27-25-,30-29-. The largest absolute Gasteiger partial charge is 0.462 e. The number of allylic oxidation sites excluding steroid dienone is 10. The van der Waals surface area contributed by atoms with Gasteiger partial charge in [0.25, 0.3) is 0 Å². The highest BCUT2D eigenvalue weighted by Crippen LogP contribution is 2.18. The zero-order valence-corrected chi connectivity index (χ0v) is 53.6. The van der Waals surface area contributed by atoms with Gasteiger partial charge in [0.05, 0.1) is 0 Å². The van der Waals surface area contributed by atoms with Gasteiger partial charge in [-0.1, -0.05) is 332 Å². The van der Waals surface area contributed by atoms with E-state index in [4.69, 9.17) is 14.2 Å². The van der Waals surface area contributed by atoms with E-state index in [1.807, 2.05) is 0 Å². The molecule has 0 aromatic carbocycles. The van der Waals surface area contributed by atoms with Gasteiger partial charge in [-0.15, -0.1) is 0 Å². The van der Waals surface area contributed by atoms with Gasteiger partial charge in [-0.3, -0.25) is 14.4 Å². The lowest BCUT2D eigenvalue weighted by atomic mass is 10.0. The maximum absolute atomic E-state index is 12.9. The third kappa shape index (κ3) is 65.9. The second kappa shape index (κ2) is 68.6. The van der Waals surface area contributed by atoms with Crippen molar-refractivity contribution >= 4 is 17.9 Å². The van der Waals surface area contributed by atoms with Crippen molar-refractivity contribution in [2.24, 2.45) is 0 Å². The van der Waals surface area contributed by atoms with Gasteiger partial charge in [0.1, 0.15) is 13.2 Å². The van der Waals surface area contributed by atoms with Crippen LogP contribution < -0.4 is 0 Å². The first-order valence-corrected chi connectivity index (χ1v) is 35.3. The van der Waals surface area contributed by atoms with Crippen LogP contribution in [-0.2, 0) is 28.6 Å². The van der Waals surface area contributed by atoms with Gasteiger partial charge in [0.15, 0.2) is 6.10 Å². The normalized spacial score (nSPS) is 12.4. The fraction of sp³-hybridized carbons (Fsp3) is 0.824. The van der Waals surface area contributed by atoms with Crippen LogP contribution in [0.15, 0.2) is 60.8 Å². The van der Waals surface area contributed by atoms with E-state index < -0.39 is 6.10 Å². The number of rotatable bonds is 65. The molecule has 0 aromatic rings. The van der Waals surface area contributed by atoms with Crippen molar-refractivity contribution in [1.82, 2.24) is 0 Å². The Balaban J connectivity index is 4.05. The van der Waals surface area contributed by atoms with Crippen LogP contribution in [0.25, 0.3) is 0 Å². The molecule has 80 heavy (non-hydrogen) atoms. The van der Waals surface area contributed by atoms with Gasteiger partial charge in [-0.25, -0.2) is 0 Å². The molecule has 0 heterocycles. The van der Waals surface area contributed by atoms with Crippen molar-refractivity contribution in [2.45, 2.75) is 380 Å². The number of carbonyl (C=O) groups excluding carboxylic acids is 3. The molecule has 0 bridgehead atoms. The Hall–Kier alpha value is -2.89. The number of hydrogen-bond acceptors (Lipinski definition) is 6. The molecule has 0 amide bonds. The minimum atomic E-state index is -0.774. The van der Waals surface area contributed by atoms with Gasteiger partial charge in [-0.05, 0) is 83.5 Å². The monoisotopic (exact) mass is 1120 g/mol. The van der Waals surface area contributed by atoms with Crippen molar-refractivity contribution in [3.05, 3.63) is 60.8 Å². The third-order valence-electron chi connectivity index (χ3n) is 15.8. The van der Waals surface area contributed by atoms with Crippen LogP contribution in [-0.4, -0.2) is 37.2 Å². The quantitative estimate of drug-likeness (QED) is 0.0261. The summed E-state index contributed by atoms with van der Waals surface area (Å²) in [6, 6.07) is 0. The van der Waals surface area contributed by atoms with Crippen LogP contribution in [0, 0.1) is 0 Å². The molecule has 0 aliphatic carbocycles. The number of unbranched alkanes of at least 4 members (excludes halogenated alkanes) is 44. The SMILES string of the molecule is CC/C=C\C/C=C\C/C=C\C/C=C\CCCCCCCCCCCCCCCCCCCCCCCCC(=O)OCC(COC(=O)CCCCCCCCCCCCCCC)OC(=O)CCCCCCC/C=C\CCCCCCC. The minimum Gasteiger partial charge on any atom is -0.462 e. The van der Waals surface area contributed by atoms with Crippen molar-refractivity contribution in [1.29, 1.82) is 0 Å². The maximum Gasteiger partial charge on any atom is 0.306 e. The highest BCUT2D eigenvalue weighted by atomic mass is 16.6. The van der Waals surface area contributed by atoms with Crippen LogP contribution in [0.1, 0.15) is 374 Å². The second-order valence-corrected chi connectivity index (χ2v) is 23.8. The van der Waals surface area contributed by atoms with Crippen LogP contribution in [0.4, 0.5) is 0 Å². The second-order valence-electron chi connectivity index (χ2n) is 23.8. The number of carbonyl (C=O) groups is 3. The summed E-state index contributed by atoms with van der Waals surface area (Å²) in [6.07, 6.45) is 88.4. The molecule has 1 atom stereocenters. The molecule has 0 saturated carbocycles. The van der Waals surface area contributed by atoms with E-state index in [2.05, 4.69) is 81.5 Å². The van der Waals surface area contributed by atoms with Crippen LogP contribution in [0.5, 0.6) is 0 Å². The molecule has 6 heteroatoms. The summed E-state index contributed by atoms with van der Waals surface area (Å²) < 4.78 is 16.9. The molecule has 466 valence electrons. The highest BCUT2D eigenvalue weighted by Gasteiger charge is 2.19. The number of hydrogen-bond donors (Lipinski definition) is 0. The summed E-state index contributed by atoms with van der Waals surface area (Å²) in [5, 5.41) is 0. The lowest BCUT2D eigenvalue weighted by Crippen LogP contribution is -2.30. The Kier molecular flexibility index (Phi) is 66.1. The lowest BCUT2D eigenvalue weighted by molar-refractivity contribution is -0.167. The van der Waals surface area contributed by atoms with Gasteiger partial charge in [-0.2, -0.15) is 0 Å². The lowest BCUT2D eigenvalue weighted by Gasteiger charge is -2.18. The molecule has 0 aliphatic rings. The molecule has 0 spiro atoms. The third-order valence-corrected chi connectivity index (χ3v) is 15.8. The van der Waals surface area contributed by atoms with E-state index in [1.165, 1.54) is 244 Å². The van der Waals surface area contributed by atoms with Crippen LogP contribution >= 0.6 is 0 Å². The van der Waals surface area contributed by atoms with E-state index in [0.29, 0.717) is 19.3 Å². The Bertz CT molecular complexity index is 1430. The minimum absolute atomic E-state index is 0.0706. The number of esters is 3. The van der Waals surface area contributed by atoms with Gasteiger partial charge >= 0.3 is 17.9 Å². The number of ether oxygens (including phenoxy) is 3. The first-order valence-electron chi connectivity index (χ1n) is 35.3. The van der Waals surface area contributed by atoms with E-state index >= 15 is 0 Å². The summed E-state index contributed by atoms with van der Waals surface area (Å²) >= 11 is 0. The topological polar surface area (TPSA) is 78.9 Å². The van der Waals surface area contributed by atoms with E-state index in [0.717, 1.165) is 89.9 Å². The zero-order valence-electron chi connectivity index (χ0n) is 53.6. The average Bonchev–Trinajstić information content (AvgIpc) is 3.46. The molecule has 0 radical (unpaired) electrons. The van der Waals surface area contributed by atoms with Gasteiger partial charge in [0, 0.05) is 19.3 Å². The first kappa shape index (κ1) is 77.1. The molecule has 0 aromatic heterocycles. The summed E-state index contributed by atoms with van der Waals surface area (Å²) in [6.45, 7) is 6.56. The van der Waals surface area contributed by atoms with Crippen molar-refractivity contribution < 1.29 is 28.6 Å². The maximum atomic E-state index is 12.9. The Morgan fingerprint density at radius 3 is 0.775 bits per heavy atom. The molecule has 0 aliphatic heterocycles. The van der Waals surface area contributed by atoms with Gasteiger partial charge in [0.2, 0.25) is 0 Å². The molecule has 0 N–H and O–H groups in total. The molecule has 1 unspecified atom stereocenters. The fourth-order valence-electron chi connectivity index (χ4n) is 10.5. The van der Waals surface area contributed by atoms with Crippen molar-refractivity contribution in [2.75, 3.05) is 13.2 Å². The van der Waals surface area contributed by atoms with Crippen molar-refractivity contribution in [3.63, 3.8) is 0 Å². The molecular weight excluding hydrogens is 985 g/mol. The van der Waals surface area contributed by atoms with Gasteiger partial charge < -0.3 is 14.2 Å². The summed E-state index contributed by atoms with van der Waals surface area (Å²) in [7, 11) is 0. The van der Waals surface area contributed by atoms with E-state index in [9.17, 15) is 14.4 Å². The van der Waals surface area contributed by atoms with Crippen LogP contribution in [0.2, 0.25) is 0 Å². The predicted octanol–water partition coefficient (Wildman–Crippen LogP) is 24.3. The summed E-state index contributed by atoms with van der Waals surface area (Å²) in [5.74, 6) is -0.855. The fourth-order valence-corrected chi connectivity index (χ4v) is 10.5. The Morgan fingerprint density at radius 2 is 0.487 bits per heavy atom. The molecule has 0 saturated heterocycles. The van der Waals surface area contributed by atoms with E-state index in [1.54, 1.807) is 0 Å². The average molecular weight is 1120 g/mol. The summed E-state index contributed by atoms with van der Waals surface area (Å²) in [4.78, 5) is 38.3. The van der Waals surface area contributed by atoms with Crippen molar-refractivity contribution in [3.8, 4) is 0 Å². The predicted molar refractivity (Wildman–Crippen MR) is 348 cm³/mol. The molecule has 0 rings (SSSR count). The smallest absolute Gasteiger partial charge is 0.306 e. The van der Waals surface area contributed by atoms with Crippen LogP contribution in [0.3, 0.4) is 0 Å². The molecule has 6 nitrogen and oxygen atoms in total. The first-order chi connectivity index (χ1) is 39.5. The Labute approximate surface area is 498 Å². The zero-order chi connectivity index (χ0) is 57.8. The highest BCUT2D eigenvalue weighted by molar-refractivity contribution is 5.71. The summed E-state index contributed by atoms with van der Waals surface area (Å²) in [5.41, 5.74) is 0. The molecular formula is C74H134O6. The van der Waals surface area contributed by atoms with E-state index in [-0.39, 0.29) is 31.1 Å². The molecule has 0 fully saturated rings. The Morgan fingerprint density at radius 1 is 0.263 bits per heavy atom.